The topological polar surface area (TPSA) is 52.7 Å². The quantitative estimate of drug-likeness (QED) is 0.524. The summed E-state index contributed by atoms with van der Waals surface area (Å²) in [6, 6.07) is 14.2. The summed E-state index contributed by atoms with van der Waals surface area (Å²) in [5.74, 6) is 0.771. The number of nitrogens with one attached hydrogen (secondary N) is 1. The molecule has 1 heterocycles. The number of hydrogen-bond donors (Lipinski definition) is 1. The fraction of sp³-hybridized carbons (Fsp3) is 0.500. The third kappa shape index (κ3) is 7.80. The lowest BCUT2D eigenvalue weighted by Gasteiger charge is -2.23. The van der Waals surface area contributed by atoms with E-state index in [0.717, 1.165) is 43.1 Å². The summed E-state index contributed by atoms with van der Waals surface area (Å²) in [5, 5.41) is 3.09. The minimum atomic E-state index is -0.223. The molecule has 0 spiro atoms. The molecule has 2 aromatic rings. The number of nitrogens with zero attached hydrogens (tertiary/aromatic N) is 2. The Morgan fingerprint density at radius 1 is 0.914 bits per heavy atom. The second-order valence-corrected chi connectivity index (χ2v) is 10.7. The van der Waals surface area contributed by atoms with Crippen molar-refractivity contribution in [2.45, 2.75) is 50.0 Å². The van der Waals surface area contributed by atoms with Crippen LogP contribution in [0.1, 0.15) is 54.4 Å². The van der Waals surface area contributed by atoms with Crippen molar-refractivity contribution in [2.75, 3.05) is 38.5 Å². The Hall–Kier alpha value is -2.38. The summed E-state index contributed by atoms with van der Waals surface area (Å²) in [7, 11) is 0. The van der Waals surface area contributed by atoms with Crippen molar-refractivity contribution in [1.82, 2.24) is 15.1 Å². The average Bonchev–Trinajstić information content (AvgIpc) is 3.13. The van der Waals surface area contributed by atoms with Crippen LogP contribution in [0.2, 0.25) is 0 Å². The van der Waals surface area contributed by atoms with Crippen LogP contribution < -0.4 is 5.32 Å². The van der Waals surface area contributed by atoms with Crippen molar-refractivity contribution >= 4 is 23.6 Å². The molecule has 35 heavy (non-hydrogen) atoms. The summed E-state index contributed by atoms with van der Waals surface area (Å²) < 4.78 is 13.2. The van der Waals surface area contributed by atoms with Crippen molar-refractivity contribution in [2.24, 2.45) is 5.92 Å². The first kappa shape index (κ1) is 25.7. The number of halogens is 1. The molecular weight excluding hydrogens is 461 g/mol. The Morgan fingerprint density at radius 3 is 2.49 bits per heavy atom. The summed E-state index contributed by atoms with van der Waals surface area (Å²) in [5.41, 5.74) is 1.75. The third-order valence-corrected chi connectivity index (χ3v) is 8.06. The Bertz CT molecular complexity index is 978. The van der Waals surface area contributed by atoms with E-state index in [4.69, 9.17) is 0 Å². The molecule has 0 unspecified atom stereocenters. The van der Waals surface area contributed by atoms with Crippen LogP contribution in [0.25, 0.3) is 0 Å². The molecule has 0 bridgehead atoms. The summed E-state index contributed by atoms with van der Waals surface area (Å²) in [4.78, 5) is 30.9. The van der Waals surface area contributed by atoms with Crippen molar-refractivity contribution in [3.63, 3.8) is 0 Å². The van der Waals surface area contributed by atoms with Gasteiger partial charge in [0.1, 0.15) is 5.82 Å². The van der Waals surface area contributed by atoms with E-state index in [0.29, 0.717) is 30.3 Å². The molecule has 4 rings (SSSR count). The van der Waals surface area contributed by atoms with Crippen LogP contribution in [0.4, 0.5) is 4.39 Å². The molecule has 0 atom stereocenters. The molecular formula is C28H36FN3O2S. The van der Waals surface area contributed by atoms with E-state index in [1.165, 1.54) is 56.0 Å². The van der Waals surface area contributed by atoms with Gasteiger partial charge in [0.2, 0.25) is 5.91 Å². The van der Waals surface area contributed by atoms with Crippen LogP contribution in [0.5, 0.6) is 0 Å². The number of hydrogen-bond acceptors (Lipinski definition) is 4. The zero-order valence-electron chi connectivity index (χ0n) is 20.4. The lowest BCUT2D eigenvalue weighted by molar-refractivity contribution is -0.118. The van der Waals surface area contributed by atoms with E-state index >= 15 is 0 Å². The first-order valence-corrected chi connectivity index (χ1v) is 13.8. The summed E-state index contributed by atoms with van der Waals surface area (Å²) in [6.07, 6.45) is 7.17. The summed E-state index contributed by atoms with van der Waals surface area (Å²) >= 11 is 1.44. The first-order valence-electron chi connectivity index (χ1n) is 12.8. The molecule has 2 aromatic carbocycles. The maximum absolute atomic E-state index is 13.4. The van der Waals surface area contributed by atoms with Crippen LogP contribution in [0.15, 0.2) is 53.4 Å². The number of carbonyl (C=O) groups is 2. The summed E-state index contributed by atoms with van der Waals surface area (Å²) in [6.45, 7) is 4.56. The zero-order valence-corrected chi connectivity index (χ0v) is 21.2. The van der Waals surface area contributed by atoms with E-state index in [2.05, 4.69) is 10.2 Å². The van der Waals surface area contributed by atoms with Gasteiger partial charge in [0.15, 0.2) is 0 Å². The fourth-order valence-electron chi connectivity index (χ4n) is 4.96. The highest BCUT2D eigenvalue weighted by Gasteiger charge is 2.23. The van der Waals surface area contributed by atoms with E-state index < -0.39 is 0 Å². The fourth-order valence-corrected chi connectivity index (χ4v) is 5.84. The SMILES string of the molecule is O=C(CSc1ccccc1C(=O)N1CCCN(Cc2ccc(F)cc2)CC1)NCC1CCCCC1. The van der Waals surface area contributed by atoms with Crippen molar-refractivity contribution in [3.05, 3.63) is 65.5 Å². The standard InChI is InChI=1S/C28H36FN3O2S/c29-24-13-11-23(12-14-24)20-31-15-6-16-32(18-17-31)28(34)25-9-4-5-10-26(25)35-21-27(33)30-19-22-7-2-1-3-8-22/h4-5,9-14,22H,1-3,6-8,15-21H2,(H,30,33). The van der Waals surface area contributed by atoms with E-state index in [1.807, 2.05) is 41.3 Å². The Morgan fingerprint density at radius 2 is 1.69 bits per heavy atom. The van der Waals surface area contributed by atoms with E-state index in [-0.39, 0.29) is 17.6 Å². The van der Waals surface area contributed by atoms with Gasteiger partial charge in [0.05, 0.1) is 11.3 Å². The van der Waals surface area contributed by atoms with Gasteiger partial charge in [-0.1, -0.05) is 43.5 Å². The van der Waals surface area contributed by atoms with Gasteiger partial charge in [-0.15, -0.1) is 11.8 Å². The number of thioether (sulfide) groups is 1. The van der Waals surface area contributed by atoms with Crippen LogP contribution >= 0.6 is 11.8 Å². The van der Waals surface area contributed by atoms with Crippen molar-refractivity contribution in [1.29, 1.82) is 0 Å². The van der Waals surface area contributed by atoms with Gasteiger partial charge in [-0.3, -0.25) is 14.5 Å². The zero-order chi connectivity index (χ0) is 24.5. The minimum absolute atomic E-state index is 0.0272. The highest BCUT2D eigenvalue weighted by molar-refractivity contribution is 8.00. The predicted octanol–water partition coefficient (Wildman–Crippen LogP) is 4.96. The second kappa shape index (κ2) is 13.1. The molecule has 0 aromatic heterocycles. The largest absolute Gasteiger partial charge is 0.355 e. The number of carbonyl (C=O) groups excluding carboxylic acids is 2. The Balaban J connectivity index is 1.28. The predicted molar refractivity (Wildman–Crippen MR) is 139 cm³/mol. The molecule has 1 N–H and O–H groups in total. The minimum Gasteiger partial charge on any atom is -0.355 e. The highest BCUT2D eigenvalue weighted by atomic mass is 32.2. The highest BCUT2D eigenvalue weighted by Crippen LogP contribution is 2.25. The number of amides is 2. The van der Waals surface area contributed by atoms with E-state index in [1.54, 1.807) is 0 Å². The molecule has 1 saturated carbocycles. The van der Waals surface area contributed by atoms with Crippen LogP contribution in [-0.4, -0.2) is 60.1 Å². The molecule has 5 nitrogen and oxygen atoms in total. The molecule has 2 aliphatic rings. The molecule has 188 valence electrons. The average molecular weight is 498 g/mol. The van der Waals surface area contributed by atoms with Gasteiger partial charge in [0, 0.05) is 44.2 Å². The van der Waals surface area contributed by atoms with Gasteiger partial charge in [-0.2, -0.15) is 0 Å². The molecule has 2 amide bonds. The van der Waals surface area contributed by atoms with Crippen LogP contribution in [-0.2, 0) is 11.3 Å². The Kier molecular flexibility index (Phi) is 9.60. The molecule has 1 aliphatic heterocycles. The number of benzene rings is 2. The lowest BCUT2D eigenvalue weighted by atomic mass is 9.89. The molecule has 0 radical (unpaired) electrons. The van der Waals surface area contributed by atoms with Gasteiger partial charge in [-0.05, 0) is 55.0 Å². The van der Waals surface area contributed by atoms with Crippen LogP contribution in [0, 0.1) is 11.7 Å². The first-order chi connectivity index (χ1) is 17.1. The molecule has 1 aliphatic carbocycles. The maximum atomic E-state index is 13.4. The normalized spacial score (nSPS) is 17.7. The second-order valence-electron chi connectivity index (χ2n) is 9.64. The van der Waals surface area contributed by atoms with Gasteiger partial charge >= 0.3 is 0 Å². The smallest absolute Gasteiger partial charge is 0.255 e. The monoisotopic (exact) mass is 497 g/mol. The van der Waals surface area contributed by atoms with E-state index in [9.17, 15) is 14.0 Å². The molecule has 1 saturated heterocycles. The molecule has 2 fully saturated rings. The Labute approximate surface area is 212 Å². The van der Waals surface area contributed by atoms with Gasteiger partial charge in [0.25, 0.3) is 5.91 Å². The van der Waals surface area contributed by atoms with Crippen molar-refractivity contribution in [3.8, 4) is 0 Å². The maximum Gasteiger partial charge on any atom is 0.255 e. The number of rotatable bonds is 8. The van der Waals surface area contributed by atoms with Crippen LogP contribution in [0.3, 0.4) is 0 Å². The van der Waals surface area contributed by atoms with Gasteiger partial charge < -0.3 is 10.2 Å². The van der Waals surface area contributed by atoms with Gasteiger partial charge in [-0.25, -0.2) is 4.39 Å². The lowest BCUT2D eigenvalue weighted by Crippen LogP contribution is -2.35. The molecule has 7 heteroatoms. The van der Waals surface area contributed by atoms with Crippen molar-refractivity contribution < 1.29 is 14.0 Å². The third-order valence-electron chi connectivity index (χ3n) is 6.98.